The SMILES string of the molecule is C=C(C)[C@@H]1CC[C@]2(C(=O)OCc3ccccc3)CC[C@]3(C)C(CCC4[C@@]5(C)CCC(OC(C)=O)C(C)(C)C5CC[C@]43C)[C@H]12. The number of benzene rings is 1. The summed E-state index contributed by atoms with van der Waals surface area (Å²) in [5.74, 6) is 2.28. The molecule has 5 fully saturated rings. The van der Waals surface area contributed by atoms with E-state index in [1.54, 1.807) is 6.92 Å². The molecule has 0 radical (unpaired) electrons. The summed E-state index contributed by atoms with van der Waals surface area (Å²) in [5.41, 5.74) is 2.51. The number of carbonyl (C=O) groups is 2. The molecule has 1 aromatic rings. The van der Waals surface area contributed by atoms with Crippen molar-refractivity contribution in [3.05, 3.63) is 48.0 Å². The van der Waals surface area contributed by atoms with Crippen molar-refractivity contribution < 1.29 is 19.1 Å². The van der Waals surface area contributed by atoms with Crippen LogP contribution in [0.15, 0.2) is 42.5 Å². The quantitative estimate of drug-likeness (QED) is 0.254. The molecule has 4 nitrogen and oxygen atoms in total. The fourth-order valence-electron chi connectivity index (χ4n) is 12.8. The van der Waals surface area contributed by atoms with E-state index in [9.17, 15) is 9.59 Å². The van der Waals surface area contributed by atoms with Gasteiger partial charge < -0.3 is 9.47 Å². The highest BCUT2D eigenvalue weighted by Gasteiger charge is 2.72. The average molecular weight is 589 g/mol. The highest BCUT2D eigenvalue weighted by molar-refractivity contribution is 5.78. The lowest BCUT2D eigenvalue weighted by Crippen LogP contribution is -2.67. The van der Waals surface area contributed by atoms with Gasteiger partial charge in [-0.05, 0) is 123 Å². The number of ether oxygens (including phenoxy) is 2. The predicted octanol–water partition coefficient (Wildman–Crippen LogP) is 9.32. The van der Waals surface area contributed by atoms with Gasteiger partial charge in [-0.1, -0.05) is 77.1 Å². The topological polar surface area (TPSA) is 52.6 Å². The summed E-state index contributed by atoms with van der Waals surface area (Å²) in [4.78, 5) is 26.2. The van der Waals surface area contributed by atoms with Gasteiger partial charge in [0.15, 0.2) is 0 Å². The summed E-state index contributed by atoms with van der Waals surface area (Å²) in [5, 5.41) is 0. The first-order valence-electron chi connectivity index (χ1n) is 17.2. The molecule has 10 atom stereocenters. The average Bonchev–Trinajstić information content (AvgIpc) is 3.35. The summed E-state index contributed by atoms with van der Waals surface area (Å²) in [6.07, 6.45) is 11.0. The van der Waals surface area contributed by atoms with Crippen LogP contribution in [-0.4, -0.2) is 18.0 Å². The highest BCUT2D eigenvalue weighted by atomic mass is 16.5. The molecule has 5 aliphatic rings. The molecule has 0 spiro atoms. The Labute approximate surface area is 260 Å². The normalized spacial score (nSPS) is 44.6. The van der Waals surface area contributed by atoms with Gasteiger partial charge >= 0.3 is 11.9 Å². The first-order chi connectivity index (χ1) is 20.2. The van der Waals surface area contributed by atoms with E-state index in [1.165, 1.54) is 31.3 Å². The molecule has 4 unspecified atom stereocenters. The number of hydrogen-bond acceptors (Lipinski definition) is 4. The number of hydrogen-bond donors (Lipinski definition) is 0. The van der Waals surface area contributed by atoms with Crippen LogP contribution in [-0.2, 0) is 25.7 Å². The zero-order valence-electron chi connectivity index (χ0n) is 28.0. The van der Waals surface area contributed by atoms with Crippen molar-refractivity contribution in [1.29, 1.82) is 0 Å². The third-order valence-corrected chi connectivity index (χ3v) is 14.9. The Morgan fingerprint density at radius 2 is 1.53 bits per heavy atom. The molecule has 1 aromatic carbocycles. The lowest BCUT2D eigenvalue weighted by Gasteiger charge is -2.72. The van der Waals surface area contributed by atoms with Gasteiger partial charge in [-0.25, -0.2) is 0 Å². The van der Waals surface area contributed by atoms with Crippen LogP contribution in [0.2, 0.25) is 0 Å². The molecular weight excluding hydrogens is 532 g/mol. The summed E-state index contributed by atoms with van der Waals surface area (Å²) in [6.45, 7) is 21.2. The van der Waals surface area contributed by atoms with Crippen molar-refractivity contribution in [3.8, 4) is 0 Å². The lowest BCUT2D eigenvalue weighted by molar-refractivity contribution is -0.250. The Balaban J connectivity index is 1.31. The van der Waals surface area contributed by atoms with Crippen molar-refractivity contribution in [2.75, 3.05) is 0 Å². The number of fused-ring (bicyclic) bond motifs is 7. The van der Waals surface area contributed by atoms with Gasteiger partial charge in [0, 0.05) is 12.3 Å². The Kier molecular flexibility index (Phi) is 7.53. The molecule has 5 aliphatic carbocycles. The fraction of sp³-hybridized carbons (Fsp3) is 0.744. The minimum Gasteiger partial charge on any atom is -0.462 e. The molecule has 43 heavy (non-hydrogen) atoms. The monoisotopic (exact) mass is 588 g/mol. The summed E-state index contributed by atoms with van der Waals surface area (Å²) in [6, 6.07) is 10.1. The molecule has 0 aliphatic heterocycles. The van der Waals surface area contributed by atoms with E-state index in [0.717, 1.165) is 44.1 Å². The van der Waals surface area contributed by atoms with Gasteiger partial charge in [0.2, 0.25) is 0 Å². The molecule has 236 valence electrons. The molecule has 0 saturated heterocycles. The molecule has 0 amide bonds. The van der Waals surface area contributed by atoms with Crippen molar-refractivity contribution in [3.63, 3.8) is 0 Å². The number of esters is 2. The molecule has 0 bridgehead atoms. The smallest absolute Gasteiger partial charge is 0.312 e. The zero-order chi connectivity index (χ0) is 31.0. The Bertz CT molecular complexity index is 1270. The summed E-state index contributed by atoms with van der Waals surface area (Å²) >= 11 is 0. The van der Waals surface area contributed by atoms with Crippen LogP contribution in [0.3, 0.4) is 0 Å². The van der Waals surface area contributed by atoms with E-state index >= 15 is 0 Å². The van der Waals surface area contributed by atoms with Gasteiger partial charge in [-0.15, -0.1) is 0 Å². The summed E-state index contributed by atoms with van der Waals surface area (Å²) < 4.78 is 12.1. The van der Waals surface area contributed by atoms with Crippen molar-refractivity contribution in [2.24, 2.45) is 56.7 Å². The van der Waals surface area contributed by atoms with Crippen molar-refractivity contribution in [2.45, 2.75) is 125 Å². The largest absolute Gasteiger partial charge is 0.462 e. The maximum Gasteiger partial charge on any atom is 0.312 e. The van der Waals surface area contributed by atoms with Gasteiger partial charge in [-0.3, -0.25) is 9.59 Å². The van der Waals surface area contributed by atoms with E-state index < -0.39 is 5.41 Å². The molecular formula is C39H56O4. The number of carbonyl (C=O) groups excluding carboxylic acids is 2. The maximum absolute atomic E-state index is 14.2. The van der Waals surface area contributed by atoms with Crippen LogP contribution in [0.1, 0.15) is 118 Å². The van der Waals surface area contributed by atoms with Gasteiger partial charge in [0.1, 0.15) is 12.7 Å². The third-order valence-electron chi connectivity index (χ3n) is 14.9. The first-order valence-corrected chi connectivity index (χ1v) is 17.2. The van der Waals surface area contributed by atoms with Crippen LogP contribution >= 0.6 is 0 Å². The van der Waals surface area contributed by atoms with Crippen LogP contribution in [0.25, 0.3) is 0 Å². The second-order valence-electron chi connectivity index (χ2n) is 16.9. The van der Waals surface area contributed by atoms with Crippen LogP contribution in [0.4, 0.5) is 0 Å². The second kappa shape index (κ2) is 10.5. The molecule has 5 saturated carbocycles. The Morgan fingerprint density at radius 3 is 2.21 bits per heavy atom. The van der Waals surface area contributed by atoms with Crippen LogP contribution < -0.4 is 0 Å². The minimum absolute atomic E-state index is 0.00589. The molecule has 0 heterocycles. The van der Waals surface area contributed by atoms with Crippen molar-refractivity contribution in [1.82, 2.24) is 0 Å². The van der Waals surface area contributed by atoms with Crippen molar-refractivity contribution >= 4 is 11.9 Å². The third kappa shape index (κ3) is 4.42. The summed E-state index contributed by atoms with van der Waals surface area (Å²) in [7, 11) is 0. The van der Waals surface area contributed by atoms with E-state index in [4.69, 9.17) is 9.47 Å². The van der Waals surface area contributed by atoms with E-state index in [2.05, 4.69) is 48.1 Å². The van der Waals surface area contributed by atoms with E-state index in [0.29, 0.717) is 36.2 Å². The number of allylic oxidation sites excluding steroid dienone is 1. The maximum atomic E-state index is 14.2. The minimum atomic E-state index is -0.392. The number of rotatable bonds is 5. The Morgan fingerprint density at radius 1 is 0.814 bits per heavy atom. The van der Waals surface area contributed by atoms with E-state index in [-0.39, 0.29) is 39.7 Å². The van der Waals surface area contributed by atoms with Crippen LogP contribution in [0, 0.1) is 56.7 Å². The lowest BCUT2D eigenvalue weighted by atomic mass is 9.32. The highest BCUT2D eigenvalue weighted by Crippen LogP contribution is 2.77. The standard InChI is InChI=1S/C39H56O4/c1-25(2)28-16-21-39(34(41)42-24-27-12-10-9-11-13-27)23-22-37(7)29(33(28)39)14-15-31-36(6)19-18-32(43-26(3)40)35(4,5)30(36)17-20-38(31,37)8/h9-13,28-33H,1,14-24H2,2-8H3/t28-,29?,30?,31?,32?,33-,36-,37+,38+,39-/m0/s1. The zero-order valence-corrected chi connectivity index (χ0v) is 28.0. The van der Waals surface area contributed by atoms with Gasteiger partial charge in [0.25, 0.3) is 0 Å². The molecule has 0 aromatic heterocycles. The molecule has 0 N–H and O–H groups in total. The Hall–Kier alpha value is -2.10. The van der Waals surface area contributed by atoms with E-state index in [1.807, 2.05) is 30.3 Å². The second-order valence-corrected chi connectivity index (χ2v) is 16.9. The van der Waals surface area contributed by atoms with Crippen LogP contribution in [0.5, 0.6) is 0 Å². The molecule has 6 rings (SSSR count). The van der Waals surface area contributed by atoms with Gasteiger partial charge in [-0.2, -0.15) is 0 Å². The fourth-order valence-corrected chi connectivity index (χ4v) is 12.8. The molecule has 4 heteroatoms. The predicted molar refractivity (Wildman–Crippen MR) is 171 cm³/mol. The first kappa shape index (κ1) is 30.9. The van der Waals surface area contributed by atoms with Gasteiger partial charge in [0.05, 0.1) is 5.41 Å².